The summed E-state index contributed by atoms with van der Waals surface area (Å²) < 4.78 is 52.8. The molecule has 0 aliphatic heterocycles. The second kappa shape index (κ2) is 14.9. The molecule has 0 heterocycles. The summed E-state index contributed by atoms with van der Waals surface area (Å²) in [5.74, 6) is 0. The highest BCUT2D eigenvalue weighted by molar-refractivity contribution is 8.31. The van der Waals surface area contributed by atoms with Crippen molar-refractivity contribution < 1.29 is 21.6 Å². The van der Waals surface area contributed by atoms with Crippen molar-refractivity contribution in [3.05, 3.63) is 89.5 Å². The Labute approximate surface area is 256 Å². The van der Waals surface area contributed by atoms with Crippen LogP contribution in [0.5, 0.6) is 0 Å². The van der Waals surface area contributed by atoms with E-state index in [1.54, 1.807) is 12.1 Å². The van der Waals surface area contributed by atoms with Gasteiger partial charge in [0.25, 0.3) is 19.7 Å². The lowest BCUT2D eigenvalue weighted by Gasteiger charge is -2.08. The summed E-state index contributed by atoms with van der Waals surface area (Å²) in [5.41, 5.74) is 12.1. The van der Waals surface area contributed by atoms with Crippen molar-refractivity contribution in [1.82, 2.24) is 0 Å². The van der Waals surface area contributed by atoms with Gasteiger partial charge in [0.15, 0.2) is 0 Å². The van der Waals surface area contributed by atoms with E-state index in [0.717, 1.165) is 36.5 Å². The first-order valence-corrected chi connectivity index (χ1v) is 18.4. The predicted octanol–water partition coefficient (Wildman–Crippen LogP) is 8.85. The van der Waals surface area contributed by atoms with Crippen LogP contribution >= 0.6 is 0 Å². The Kier molecular flexibility index (Phi) is 11.3. The summed E-state index contributed by atoms with van der Waals surface area (Å²) in [6.07, 6.45) is 13.8. The third kappa shape index (κ3) is 7.99. The van der Waals surface area contributed by atoms with Gasteiger partial charge in [0.2, 0.25) is 0 Å². The highest BCUT2D eigenvalue weighted by Gasteiger charge is 2.44. The van der Waals surface area contributed by atoms with Crippen LogP contribution in [0.4, 0.5) is 0 Å². The van der Waals surface area contributed by atoms with E-state index in [1.165, 1.54) is 86.8 Å². The molecule has 0 aliphatic rings. The van der Waals surface area contributed by atoms with Gasteiger partial charge in [0.05, 0.1) is 9.79 Å². The molecule has 0 aliphatic carbocycles. The van der Waals surface area contributed by atoms with Crippen LogP contribution in [0.3, 0.4) is 0 Å². The first-order chi connectivity index (χ1) is 20.7. The molecule has 0 saturated heterocycles. The van der Waals surface area contributed by atoms with E-state index in [4.69, 9.17) is 0 Å². The average Bonchev–Trinajstić information content (AvgIpc) is 3.00. The zero-order valence-corrected chi connectivity index (χ0v) is 26.9. The summed E-state index contributed by atoms with van der Waals surface area (Å²) in [5, 5.41) is 3.06. The number of unbranched alkanes of at least 4 members (excludes halogenated alkanes) is 8. The molecule has 4 rings (SSSR count). The Bertz CT molecular complexity index is 1710. The standard InChI is InChI=1S/C35H42N2O4S2/c1-3-5-7-9-11-13-27-15-17-31-25-33(21-19-29(31)23-27)42(38,39)35(37-36)43(40,41)34-22-20-30-24-28(16-18-32(30)26-34)14-12-10-8-6-4-2/h15-26H,3-14H2,1-2H3. The molecule has 6 nitrogen and oxygen atoms in total. The lowest BCUT2D eigenvalue weighted by molar-refractivity contribution is 0.00380. The molecule has 0 amide bonds. The molecule has 0 radical (unpaired) electrons. The molecule has 228 valence electrons. The van der Waals surface area contributed by atoms with Gasteiger partial charge in [-0.1, -0.05) is 114 Å². The van der Waals surface area contributed by atoms with Crippen molar-refractivity contribution in [2.75, 3.05) is 0 Å². The molecule has 0 unspecified atom stereocenters. The molecular weight excluding hydrogens is 577 g/mol. The topological polar surface area (TPSA) is 105 Å². The smallest absolute Gasteiger partial charge is 0.359 e. The van der Waals surface area contributed by atoms with Crippen LogP contribution in [-0.2, 0) is 32.5 Å². The number of fused-ring (bicyclic) bond motifs is 2. The highest BCUT2D eigenvalue weighted by Crippen LogP contribution is 2.27. The number of benzene rings is 4. The highest BCUT2D eigenvalue weighted by atomic mass is 32.3. The molecule has 0 bridgehead atoms. The molecule has 0 saturated carbocycles. The van der Waals surface area contributed by atoms with Crippen LogP contribution in [0.2, 0.25) is 0 Å². The van der Waals surface area contributed by atoms with E-state index < -0.39 is 24.1 Å². The van der Waals surface area contributed by atoms with Crippen molar-refractivity contribution >= 4 is 45.6 Å². The summed E-state index contributed by atoms with van der Waals surface area (Å²) in [6, 6.07) is 20.7. The molecule has 0 spiro atoms. The van der Waals surface area contributed by atoms with Crippen LogP contribution in [0.25, 0.3) is 27.1 Å². The van der Waals surface area contributed by atoms with E-state index in [9.17, 15) is 22.4 Å². The van der Waals surface area contributed by atoms with Crippen LogP contribution < -0.4 is 0 Å². The number of nitrogens with zero attached hydrogens (tertiary/aromatic N) is 2. The van der Waals surface area contributed by atoms with Gasteiger partial charge in [-0.25, -0.2) is 16.8 Å². The Morgan fingerprint density at radius 3 is 1.30 bits per heavy atom. The summed E-state index contributed by atoms with van der Waals surface area (Å²) in [7, 11) is -9.29. The number of rotatable bonds is 14. The van der Waals surface area contributed by atoms with Crippen molar-refractivity contribution in [3.8, 4) is 0 Å². The van der Waals surface area contributed by atoms with Crippen molar-refractivity contribution in [2.45, 2.75) is 101 Å². The van der Waals surface area contributed by atoms with Gasteiger partial charge in [-0.3, -0.25) is 0 Å². The fourth-order valence-electron chi connectivity index (χ4n) is 5.51. The van der Waals surface area contributed by atoms with E-state index in [0.29, 0.717) is 10.8 Å². The molecule has 8 heteroatoms. The number of sulfone groups is 2. The second-order valence-electron chi connectivity index (χ2n) is 11.4. The second-order valence-corrected chi connectivity index (χ2v) is 15.4. The SMILES string of the molecule is CCCCCCCc1ccc2cc(S(=O)(=O)C(=[N+]=[N-])S(=O)(=O)c3ccc4cc(CCCCCCC)ccc4c3)ccc2c1. The fraction of sp³-hybridized carbons (Fsp3) is 0.400. The van der Waals surface area contributed by atoms with Gasteiger partial charge < -0.3 is 5.53 Å². The zero-order valence-electron chi connectivity index (χ0n) is 25.3. The Balaban J connectivity index is 1.54. The summed E-state index contributed by atoms with van der Waals surface area (Å²) >= 11 is 0. The largest absolute Gasteiger partial charge is 0.504 e. The number of hydrogen-bond donors (Lipinski definition) is 0. The third-order valence-electron chi connectivity index (χ3n) is 8.05. The maximum atomic E-state index is 13.5. The maximum Gasteiger partial charge on any atom is 0.504 e. The quantitative estimate of drug-likeness (QED) is 0.0463. The molecule has 0 fully saturated rings. The minimum absolute atomic E-state index is 0.243. The van der Waals surface area contributed by atoms with E-state index in [-0.39, 0.29) is 9.79 Å². The maximum absolute atomic E-state index is 13.5. The van der Waals surface area contributed by atoms with Crippen LogP contribution in [0.15, 0.2) is 82.6 Å². The Morgan fingerprint density at radius 1 is 0.535 bits per heavy atom. The molecule has 43 heavy (non-hydrogen) atoms. The van der Waals surface area contributed by atoms with Gasteiger partial charge in [-0.15, -0.1) is 4.79 Å². The predicted molar refractivity (Wildman–Crippen MR) is 176 cm³/mol. The Morgan fingerprint density at radius 2 is 0.907 bits per heavy atom. The number of aryl methyl sites for hydroxylation is 2. The zero-order chi connectivity index (χ0) is 30.9. The first-order valence-electron chi connectivity index (χ1n) is 15.5. The van der Waals surface area contributed by atoms with Crippen molar-refractivity contribution in [3.63, 3.8) is 0 Å². The van der Waals surface area contributed by atoms with Gasteiger partial charge >= 0.3 is 4.38 Å². The van der Waals surface area contributed by atoms with Crippen LogP contribution in [-0.4, -0.2) is 26.0 Å². The average molecular weight is 619 g/mol. The third-order valence-corrected chi connectivity index (χ3v) is 12.2. The molecule has 4 aromatic carbocycles. The normalized spacial score (nSPS) is 12.0. The minimum Gasteiger partial charge on any atom is -0.359 e. The van der Waals surface area contributed by atoms with Crippen LogP contribution in [0, 0.1) is 0 Å². The minimum atomic E-state index is -4.65. The van der Waals surface area contributed by atoms with Gasteiger partial charge in [-0.2, -0.15) is 0 Å². The van der Waals surface area contributed by atoms with Crippen molar-refractivity contribution in [2.24, 2.45) is 0 Å². The van der Waals surface area contributed by atoms with Gasteiger partial charge in [0.1, 0.15) is 0 Å². The summed E-state index contributed by atoms with van der Waals surface area (Å²) in [6.45, 7) is 4.38. The molecule has 4 aromatic rings. The molecule has 0 aromatic heterocycles. The molecular formula is C35H42N2O4S2. The fourth-order valence-corrected chi connectivity index (χ4v) is 8.92. The summed E-state index contributed by atoms with van der Waals surface area (Å²) in [4.78, 5) is 2.34. The van der Waals surface area contributed by atoms with E-state index in [2.05, 4.69) is 18.6 Å². The van der Waals surface area contributed by atoms with Gasteiger partial charge in [0, 0.05) is 0 Å². The molecule has 0 N–H and O–H groups in total. The first kappa shape index (κ1) is 32.6. The monoisotopic (exact) mass is 618 g/mol. The van der Waals surface area contributed by atoms with Gasteiger partial charge in [-0.05, 0) is 82.6 Å². The van der Waals surface area contributed by atoms with E-state index >= 15 is 0 Å². The number of hydrogen-bond acceptors (Lipinski definition) is 4. The Hall–Kier alpha value is -3.32. The lowest BCUT2D eigenvalue weighted by atomic mass is 10.0. The van der Waals surface area contributed by atoms with Crippen molar-refractivity contribution in [1.29, 1.82) is 0 Å². The molecule has 0 atom stereocenters. The lowest BCUT2D eigenvalue weighted by Crippen LogP contribution is -2.26. The van der Waals surface area contributed by atoms with E-state index in [1.807, 2.05) is 36.4 Å². The van der Waals surface area contributed by atoms with Crippen LogP contribution in [0.1, 0.15) is 89.2 Å².